The van der Waals surface area contributed by atoms with E-state index >= 15 is 0 Å². The number of nitrogens with zero attached hydrogens (tertiary/aromatic N) is 1. The summed E-state index contributed by atoms with van der Waals surface area (Å²) in [7, 11) is 0. The van der Waals surface area contributed by atoms with Crippen molar-refractivity contribution in [2.24, 2.45) is 11.7 Å². The quantitative estimate of drug-likeness (QED) is 0.798. The summed E-state index contributed by atoms with van der Waals surface area (Å²) in [6.45, 7) is 7.06. The summed E-state index contributed by atoms with van der Waals surface area (Å²) in [5.74, 6) is 0.458. The Kier molecular flexibility index (Phi) is 5.26. The third kappa shape index (κ3) is 3.21. The number of piperidine rings is 1. The van der Waals surface area contributed by atoms with Crippen LogP contribution in [0.5, 0.6) is 0 Å². The van der Waals surface area contributed by atoms with Gasteiger partial charge < -0.3 is 10.6 Å². The SMILES string of the molecule is CC(CCCN)C(=O)N1C(C)CCCC1C. The van der Waals surface area contributed by atoms with Gasteiger partial charge in [0, 0.05) is 18.0 Å². The van der Waals surface area contributed by atoms with Crippen molar-refractivity contribution in [3.05, 3.63) is 0 Å². The lowest BCUT2D eigenvalue weighted by Crippen LogP contribution is -2.49. The molecule has 3 nitrogen and oxygen atoms in total. The van der Waals surface area contributed by atoms with Crippen molar-refractivity contribution >= 4 is 5.91 Å². The molecule has 1 rings (SSSR count). The Bertz CT molecular complexity index is 220. The van der Waals surface area contributed by atoms with E-state index in [1.54, 1.807) is 0 Å². The summed E-state index contributed by atoms with van der Waals surface area (Å²) in [6, 6.07) is 0.827. The third-order valence-corrected chi connectivity index (χ3v) is 3.71. The lowest BCUT2D eigenvalue weighted by Gasteiger charge is -2.40. The van der Waals surface area contributed by atoms with Gasteiger partial charge >= 0.3 is 0 Å². The average Bonchev–Trinajstić information content (AvgIpc) is 2.25. The van der Waals surface area contributed by atoms with E-state index < -0.39 is 0 Å². The molecule has 0 aromatic rings. The molecule has 1 amide bonds. The summed E-state index contributed by atoms with van der Waals surface area (Å²) in [4.78, 5) is 14.4. The Morgan fingerprint density at radius 1 is 1.38 bits per heavy atom. The van der Waals surface area contributed by atoms with Crippen LogP contribution < -0.4 is 5.73 Å². The van der Waals surface area contributed by atoms with Crippen LogP contribution in [0.3, 0.4) is 0 Å². The fourth-order valence-electron chi connectivity index (χ4n) is 2.66. The van der Waals surface area contributed by atoms with Crippen molar-refractivity contribution in [3.63, 3.8) is 0 Å². The van der Waals surface area contributed by atoms with E-state index in [1.807, 2.05) is 6.92 Å². The zero-order valence-electron chi connectivity index (χ0n) is 10.9. The molecule has 1 fully saturated rings. The Labute approximate surface area is 99.4 Å². The Morgan fingerprint density at radius 3 is 2.44 bits per heavy atom. The van der Waals surface area contributed by atoms with Gasteiger partial charge in [-0.15, -0.1) is 0 Å². The van der Waals surface area contributed by atoms with Crippen LogP contribution in [0.25, 0.3) is 0 Å². The summed E-state index contributed by atoms with van der Waals surface area (Å²) in [5, 5.41) is 0. The first-order valence-corrected chi connectivity index (χ1v) is 6.60. The van der Waals surface area contributed by atoms with Crippen molar-refractivity contribution in [1.82, 2.24) is 4.90 Å². The van der Waals surface area contributed by atoms with E-state index in [0.717, 1.165) is 25.7 Å². The van der Waals surface area contributed by atoms with Gasteiger partial charge in [0.05, 0.1) is 0 Å². The molecule has 1 saturated heterocycles. The van der Waals surface area contributed by atoms with Gasteiger partial charge in [-0.3, -0.25) is 4.79 Å². The molecule has 3 heteroatoms. The van der Waals surface area contributed by atoms with Crippen molar-refractivity contribution < 1.29 is 4.79 Å². The van der Waals surface area contributed by atoms with Crippen LogP contribution in [0, 0.1) is 5.92 Å². The number of hydrogen-bond donors (Lipinski definition) is 1. The molecule has 0 spiro atoms. The van der Waals surface area contributed by atoms with Crippen LogP contribution in [0.2, 0.25) is 0 Å². The molecule has 0 aromatic heterocycles. The molecular weight excluding hydrogens is 200 g/mol. The van der Waals surface area contributed by atoms with Crippen molar-refractivity contribution in [1.29, 1.82) is 0 Å². The molecule has 3 atom stereocenters. The first-order valence-electron chi connectivity index (χ1n) is 6.60. The minimum Gasteiger partial charge on any atom is -0.337 e. The monoisotopic (exact) mass is 226 g/mol. The van der Waals surface area contributed by atoms with E-state index in [1.165, 1.54) is 6.42 Å². The molecule has 1 heterocycles. The second-order valence-electron chi connectivity index (χ2n) is 5.21. The van der Waals surface area contributed by atoms with Gasteiger partial charge in [-0.05, 0) is 52.5 Å². The number of carbonyl (C=O) groups excluding carboxylic acids is 1. The predicted molar refractivity (Wildman–Crippen MR) is 67.1 cm³/mol. The molecule has 2 N–H and O–H groups in total. The maximum absolute atomic E-state index is 12.3. The summed E-state index contributed by atoms with van der Waals surface area (Å²) in [5.41, 5.74) is 5.49. The second kappa shape index (κ2) is 6.24. The predicted octanol–water partition coefficient (Wildman–Crippen LogP) is 2.15. The van der Waals surface area contributed by atoms with E-state index in [4.69, 9.17) is 5.73 Å². The van der Waals surface area contributed by atoms with E-state index in [-0.39, 0.29) is 5.92 Å². The first-order chi connectivity index (χ1) is 7.57. The summed E-state index contributed by atoms with van der Waals surface area (Å²) >= 11 is 0. The lowest BCUT2D eigenvalue weighted by atomic mass is 9.94. The zero-order chi connectivity index (χ0) is 12.1. The highest BCUT2D eigenvalue weighted by Gasteiger charge is 2.31. The first kappa shape index (κ1) is 13.5. The molecule has 16 heavy (non-hydrogen) atoms. The Hall–Kier alpha value is -0.570. The molecule has 94 valence electrons. The smallest absolute Gasteiger partial charge is 0.225 e. The van der Waals surface area contributed by atoms with Crippen LogP contribution >= 0.6 is 0 Å². The molecule has 3 unspecified atom stereocenters. The molecule has 0 radical (unpaired) electrons. The van der Waals surface area contributed by atoms with Crippen LogP contribution in [-0.4, -0.2) is 29.4 Å². The summed E-state index contributed by atoms with van der Waals surface area (Å²) in [6.07, 6.45) is 5.43. The van der Waals surface area contributed by atoms with Gasteiger partial charge in [0.1, 0.15) is 0 Å². The number of amides is 1. The third-order valence-electron chi connectivity index (χ3n) is 3.71. The number of carbonyl (C=O) groups is 1. The zero-order valence-corrected chi connectivity index (χ0v) is 10.9. The maximum Gasteiger partial charge on any atom is 0.225 e. The van der Waals surface area contributed by atoms with Crippen LogP contribution in [0.4, 0.5) is 0 Å². The van der Waals surface area contributed by atoms with Crippen molar-refractivity contribution in [2.45, 2.75) is 65.0 Å². The topological polar surface area (TPSA) is 46.3 Å². The highest BCUT2D eigenvalue weighted by molar-refractivity contribution is 5.79. The number of likely N-dealkylation sites (tertiary alicyclic amines) is 1. The van der Waals surface area contributed by atoms with Crippen molar-refractivity contribution in [3.8, 4) is 0 Å². The standard InChI is InChI=1S/C13H26N2O/c1-10(6-5-9-14)13(16)15-11(2)7-4-8-12(15)3/h10-12H,4-9,14H2,1-3H3. The normalized spacial score (nSPS) is 27.9. The van der Waals surface area contributed by atoms with Gasteiger partial charge in [0.15, 0.2) is 0 Å². The van der Waals surface area contributed by atoms with Crippen molar-refractivity contribution in [2.75, 3.05) is 6.54 Å². The largest absolute Gasteiger partial charge is 0.337 e. The molecule has 0 bridgehead atoms. The second-order valence-corrected chi connectivity index (χ2v) is 5.21. The Balaban J connectivity index is 2.56. The van der Waals surface area contributed by atoms with Gasteiger partial charge in [0.2, 0.25) is 5.91 Å². The molecule has 0 saturated carbocycles. The van der Waals surface area contributed by atoms with Gasteiger partial charge in [-0.1, -0.05) is 6.92 Å². The molecule has 0 aliphatic carbocycles. The highest BCUT2D eigenvalue weighted by atomic mass is 16.2. The number of hydrogen-bond acceptors (Lipinski definition) is 2. The van der Waals surface area contributed by atoms with Crippen LogP contribution in [0.15, 0.2) is 0 Å². The van der Waals surface area contributed by atoms with E-state index in [0.29, 0.717) is 24.5 Å². The molecule has 1 aliphatic rings. The minimum atomic E-state index is 0.131. The number of rotatable bonds is 4. The van der Waals surface area contributed by atoms with Gasteiger partial charge in [-0.2, -0.15) is 0 Å². The van der Waals surface area contributed by atoms with E-state index in [2.05, 4.69) is 18.7 Å². The van der Waals surface area contributed by atoms with E-state index in [9.17, 15) is 4.79 Å². The highest BCUT2D eigenvalue weighted by Crippen LogP contribution is 2.25. The summed E-state index contributed by atoms with van der Waals surface area (Å²) < 4.78 is 0. The molecule has 0 aromatic carbocycles. The fraction of sp³-hybridized carbons (Fsp3) is 0.923. The molecule has 1 aliphatic heterocycles. The number of nitrogens with two attached hydrogens (primary N) is 1. The molecular formula is C13H26N2O. The Morgan fingerprint density at radius 2 is 1.94 bits per heavy atom. The van der Waals surface area contributed by atoms with Gasteiger partial charge in [0.25, 0.3) is 0 Å². The van der Waals surface area contributed by atoms with Crippen LogP contribution in [-0.2, 0) is 4.79 Å². The van der Waals surface area contributed by atoms with Gasteiger partial charge in [-0.25, -0.2) is 0 Å². The average molecular weight is 226 g/mol. The van der Waals surface area contributed by atoms with Crippen LogP contribution in [0.1, 0.15) is 52.9 Å². The lowest BCUT2D eigenvalue weighted by molar-refractivity contribution is -0.141. The fourth-order valence-corrected chi connectivity index (χ4v) is 2.66. The maximum atomic E-state index is 12.3. The minimum absolute atomic E-state index is 0.131.